The number of ether oxygens (including phenoxy) is 1. The maximum absolute atomic E-state index is 11.4. The zero-order chi connectivity index (χ0) is 33.7. The summed E-state index contributed by atoms with van der Waals surface area (Å²) >= 11 is 3.82. The first kappa shape index (κ1) is 43.3. The van der Waals surface area contributed by atoms with Gasteiger partial charge < -0.3 is 58.8 Å². The molecule has 1 heterocycles. The van der Waals surface area contributed by atoms with Gasteiger partial charge in [0.05, 0.1) is 18.1 Å². The lowest BCUT2D eigenvalue weighted by atomic mass is 10.1. The van der Waals surface area contributed by atoms with E-state index in [1.807, 2.05) is 13.8 Å². The number of carboxylic acid groups (broad SMARTS) is 3. The van der Waals surface area contributed by atoms with E-state index in [-0.39, 0.29) is 18.1 Å². The molecule has 1 rings (SSSR count). The highest BCUT2D eigenvalue weighted by molar-refractivity contribution is 7.80. The molecule has 0 fully saturated rings. The van der Waals surface area contributed by atoms with Crippen LogP contribution < -0.4 is 28.7 Å². The fraction of sp³-hybridized carbons (Fsp3) is 0.667. The summed E-state index contributed by atoms with van der Waals surface area (Å²) in [5.41, 5.74) is 26.8. The number of nitrogens with two attached hydrogens (primary N) is 5. The monoisotopic (exact) mass is 625 g/mol. The van der Waals surface area contributed by atoms with Gasteiger partial charge in [-0.05, 0) is 25.2 Å². The second-order valence-electron chi connectivity index (χ2n) is 9.69. The average molecular weight is 626 g/mol. The largest absolute Gasteiger partial charge is 0.480 e. The highest BCUT2D eigenvalue weighted by atomic mass is 32.1. The van der Waals surface area contributed by atoms with Crippen molar-refractivity contribution in [2.24, 2.45) is 40.5 Å². The van der Waals surface area contributed by atoms with E-state index in [1.165, 1.54) is 13.3 Å². The number of aliphatic carboxylic acids is 3. The third-order valence-electron chi connectivity index (χ3n) is 4.84. The fourth-order valence-corrected chi connectivity index (χ4v) is 2.29. The molecule has 0 saturated heterocycles. The van der Waals surface area contributed by atoms with Gasteiger partial charge in [-0.25, -0.2) is 14.6 Å². The summed E-state index contributed by atoms with van der Waals surface area (Å²) < 4.78 is 4.50. The van der Waals surface area contributed by atoms with Gasteiger partial charge in [0.15, 0.2) is 0 Å². The molecule has 0 aliphatic heterocycles. The van der Waals surface area contributed by atoms with Gasteiger partial charge in [-0.3, -0.25) is 14.4 Å². The molecule has 0 bridgehead atoms. The summed E-state index contributed by atoms with van der Waals surface area (Å²) in [4.78, 5) is 59.2. The molecule has 0 spiro atoms. The molecule has 0 radical (unpaired) electrons. The number of esters is 2. The molecule has 18 heteroatoms. The summed E-state index contributed by atoms with van der Waals surface area (Å²) in [5, 5.41) is 33.1. The van der Waals surface area contributed by atoms with Gasteiger partial charge in [0.2, 0.25) is 0 Å². The Morgan fingerprint density at radius 3 is 1.55 bits per heavy atom. The summed E-state index contributed by atoms with van der Waals surface area (Å²) in [7, 11) is 0. The Morgan fingerprint density at radius 2 is 1.31 bits per heavy atom. The van der Waals surface area contributed by atoms with Crippen molar-refractivity contribution >= 4 is 42.5 Å². The van der Waals surface area contributed by atoms with Gasteiger partial charge in [0, 0.05) is 18.4 Å². The maximum atomic E-state index is 11.4. The smallest absolute Gasteiger partial charge is 0.331 e. The van der Waals surface area contributed by atoms with E-state index in [1.54, 1.807) is 20.0 Å². The van der Waals surface area contributed by atoms with Gasteiger partial charge in [-0.15, -0.1) is 0 Å². The summed E-state index contributed by atoms with van der Waals surface area (Å²) in [6, 6.07) is -4.44. The van der Waals surface area contributed by atoms with Gasteiger partial charge in [0.25, 0.3) is 0 Å². The zero-order valence-corrected chi connectivity index (χ0v) is 25.3. The van der Waals surface area contributed by atoms with Crippen molar-refractivity contribution in [3.63, 3.8) is 0 Å². The van der Waals surface area contributed by atoms with Crippen LogP contribution >= 0.6 is 12.6 Å². The Bertz CT molecular complexity index is 909. The lowest BCUT2D eigenvalue weighted by Crippen LogP contribution is -2.41. The predicted molar refractivity (Wildman–Crippen MR) is 156 cm³/mol. The molecule has 0 aromatic carbocycles. The molecule has 1 aromatic heterocycles. The van der Waals surface area contributed by atoms with Crippen LogP contribution in [0.3, 0.4) is 0 Å². The SMILES string of the molecule is CC(C)C[C@H](N)C(=O)O.CC(C)[C@H](N)C(=O)O.C[C@@H](O)[C@H](N)C(=O)O.N[C@@H](CS)C(=O)OC(=O)[C@@H](N)Cc1c[nH]cn1. The van der Waals surface area contributed by atoms with Crippen molar-refractivity contribution in [2.45, 2.75) is 83.8 Å². The number of thiol groups is 1. The summed E-state index contributed by atoms with van der Waals surface area (Å²) in [5.74, 6) is -4.20. The third-order valence-corrected chi connectivity index (χ3v) is 5.23. The first-order valence-corrected chi connectivity index (χ1v) is 13.3. The van der Waals surface area contributed by atoms with Crippen LogP contribution in [0.25, 0.3) is 0 Å². The minimum atomic E-state index is -1.18. The van der Waals surface area contributed by atoms with Crippen LogP contribution in [0.15, 0.2) is 12.5 Å². The lowest BCUT2D eigenvalue weighted by molar-refractivity contribution is -0.161. The predicted octanol–water partition coefficient (Wildman–Crippen LogP) is -2.12. The van der Waals surface area contributed by atoms with Crippen molar-refractivity contribution in [2.75, 3.05) is 5.75 Å². The number of carboxylic acids is 3. The highest BCUT2D eigenvalue weighted by Gasteiger charge is 2.23. The quantitative estimate of drug-likeness (QED) is 0.0671. The van der Waals surface area contributed by atoms with E-state index in [9.17, 15) is 24.0 Å². The molecule has 17 nitrogen and oxygen atoms in total. The number of hydrogen-bond acceptors (Lipinski definition) is 14. The van der Waals surface area contributed by atoms with Crippen LogP contribution in [-0.2, 0) is 35.1 Å². The Balaban J connectivity index is -0.000000520. The molecule has 15 N–H and O–H groups in total. The molecule has 6 atom stereocenters. The van der Waals surface area contributed by atoms with Crippen molar-refractivity contribution < 1.29 is 49.1 Å². The number of imidazole rings is 1. The van der Waals surface area contributed by atoms with E-state index in [0.29, 0.717) is 18.0 Å². The van der Waals surface area contributed by atoms with Crippen LogP contribution in [0, 0.1) is 11.8 Å². The molecular weight excluding hydrogens is 578 g/mol. The van der Waals surface area contributed by atoms with Gasteiger partial charge in [-0.2, -0.15) is 12.6 Å². The molecule has 244 valence electrons. The molecule has 0 amide bonds. The Kier molecular flexibility index (Phi) is 24.2. The van der Waals surface area contributed by atoms with Crippen LogP contribution in [0.4, 0.5) is 0 Å². The number of nitrogens with one attached hydrogen (secondary N) is 1. The number of carbonyl (C=O) groups is 5. The van der Waals surface area contributed by atoms with Crippen molar-refractivity contribution in [3.8, 4) is 0 Å². The minimum Gasteiger partial charge on any atom is -0.480 e. The molecule has 42 heavy (non-hydrogen) atoms. The second-order valence-corrected chi connectivity index (χ2v) is 10.1. The number of aromatic nitrogens is 2. The van der Waals surface area contributed by atoms with E-state index < -0.39 is 66.2 Å². The first-order valence-electron chi connectivity index (χ1n) is 12.7. The maximum Gasteiger partial charge on any atom is 0.331 e. The Hall–Kier alpha value is -3.13. The number of aromatic amines is 1. The van der Waals surface area contributed by atoms with Crippen LogP contribution in [0.2, 0.25) is 0 Å². The minimum absolute atomic E-state index is 0.0208. The van der Waals surface area contributed by atoms with Crippen LogP contribution in [-0.4, -0.2) is 102 Å². The van der Waals surface area contributed by atoms with E-state index in [2.05, 4.69) is 27.3 Å². The fourth-order valence-electron chi connectivity index (χ4n) is 2.14. The van der Waals surface area contributed by atoms with Gasteiger partial charge in [-0.1, -0.05) is 27.7 Å². The first-order chi connectivity index (χ1) is 19.2. The summed E-state index contributed by atoms with van der Waals surface area (Å²) in [6.07, 6.45) is 2.83. The van der Waals surface area contributed by atoms with Crippen LogP contribution in [0.1, 0.15) is 46.7 Å². The molecular formula is C24H47N7O10S. The normalized spacial score (nSPS) is 14.6. The standard InChI is InChI=1S/C9H14N4O3S.C6H13NO2.C5H11NO2.C4H9NO3/c10-6(1-5-2-12-4-13-5)8(14)16-9(15)7(11)3-17;1-4(2)3-5(7)6(8)9;1-3(2)4(6)5(7)8;1-2(6)3(5)4(7)8/h2,4,6-7,17H,1,3,10-11H2,(H,12,13);4-5H,3,7H2,1-2H3,(H,8,9);3-4H,6H2,1-2H3,(H,7,8);2-3,6H,5H2,1H3,(H,7,8)/t6-,7-;5-;4-;2-,3+/m0001/s1. The number of aliphatic hydroxyl groups is 1. The van der Waals surface area contributed by atoms with Crippen molar-refractivity contribution in [3.05, 3.63) is 18.2 Å². The zero-order valence-electron chi connectivity index (χ0n) is 24.4. The van der Waals surface area contributed by atoms with Gasteiger partial charge >= 0.3 is 29.8 Å². The third kappa shape index (κ3) is 22.5. The molecule has 0 aliphatic rings. The van der Waals surface area contributed by atoms with E-state index >= 15 is 0 Å². The average Bonchev–Trinajstić information content (AvgIpc) is 3.40. The van der Waals surface area contributed by atoms with Crippen molar-refractivity contribution in [1.82, 2.24) is 9.97 Å². The Morgan fingerprint density at radius 1 is 0.833 bits per heavy atom. The number of H-pyrrole nitrogens is 1. The number of rotatable bonds is 12. The second kappa shape index (κ2) is 23.4. The van der Waals surface area contributed by atoms with E-state index in [4.69, 9.17) is 49.1 Å². The molecule has 0 saturated carbocycles. The number of carbonyl (C=O) groups excluding carboxylic acids is 2. The van der Waals surface area contributed by atoms with Gasteiger partial charge in [0.1, 0.15) is 30.2 Å². The van der Waals surface area contributed by atoms with E-state index in [0.717, 1.165) is 0 Å². The number of hydrogen-bond donors (Lipinski definition) is 11. The number of aliphatic hydroxyl groups excluding tert-OH is 1. The topological polar surface area (TPSA) is 334 Å². The molecule has 0 aliphatic carbocycles. The van der Waals surface area contributed by atoms with Crippen LogP contribution in [0.5, 0.6) is 0 Å². The highest BCUT2D eigenvalue weighted by Crippen LogP contribution is 2.02. The van der Waals surface area contributed by atoms with Crippen molar-refractivity contribution in [1.29, 1.82) is 0 Å². The number of nitrogens with zero attached hydrogens (tertiary/aromatic N) is 1. The lowest BCUT2D eigenvalue weighted by Gasteiger charge is -2.11. The summed E-state index contributed by atoms with van der Waals surface area (Å²) in [6.45, 7) is 8.78. The molecule has 0 unspecified atom stereocenters. The Labute approximate surface area is 249 Å². The molecule has 1 aromatic rings.